The van der Waals surface area contributed by atoms with Gasteiger partial charge in [-0.3, -0.25) is 4.79 Å². The number of quaternary nitrogens is 1. The summed E-state index contributed by atoms with van der Waals surface area (Å²) in [6, 6.07) is 9.89. The minimum absolute atomic E-state index is 0.0667. The lowest BCUT2D eigenvalue weighted by atomic mass is 10.2. The Kier molecular flexibility index (Phi) is 6.91. The van der Waals surface area contributed by atoms with Gasteiger partial charge in [-0.15, -0.1) is 0 Å². The van der Waals surface area contributed by atoms with Crippen LogP contribution in [0.15, 0.2) is 47.4 Å². The first-order valence-electron chi connectivity index (χ1n) is 9.44. The summed E-state index contributed by atoms with van der Waals surface area (Å²) < 4.78 is 50.2. The van der Waals surface area contributed by atoms with E-state index in [1.807, 2.05) is 0 Å². The predicted molar refractivity (Wildman–Crippen MR) is 109 cm³/mol. The summed E-state index contributed by atoms with van der Waals surface area (Å²) >= 11 is 0. The van der Waals surface area contributed by atoms with Crippen LogP contribution < -0.4 is 19.7 Å². The van der Waals surface area contributed by atoms with Crippen molar-refractivity contribution in [2.75, 3.05) is 52.3 Å². The number of hydrogen-bond donors (Lipinski definition) is 2. The van der Waals surface area contributed by atoms with Gasteiger partial charge in [0.2, 0.25) is 10.0 Å². The number of nitrogens with zero attached hydrogens (tertiary/aromatic N) is 1. The standard InChI is InChI=1S/C20H24FN3O5S/c1-28-17-11-16(12-18(13-17)29-2)22-20(25)14-23-7-9-24(10-8-23)30(26,27)19-5-3-15(21)4-6-19/h3-6,11-13H,7-10,14H2,1-2H3,(H,22,25)/p+1. The number of anilines is 1. The van der Waals surface area contributed by atoms with Crippen molar-refractivity contribution >= 4 is 21.6 Å². The fourth-order valence-corrected chi connectivity index (χ4v) is 4.73. The molecule has 162 valence electrons. The average Bonchev–Trinajstić information content (AvgIpc) is 2.74. The third kappa shape index (κ3) is 5.26. The van der Waals surface area contributed by atoms with Crippen LogP contribution in [0.2, 0.25) is 0 Å². The summed E-state index contributed by atoms with van der Waals surface area (Å²) in [6.07, 6.45) is 0. The van der Waals surface area contributed by atoms with Crippen LogP contribution >= 0.6 is 0 Å². The Morgan fingerprint density at radius 3 is 2.17 bits per heavy atom. The lowest BCUT2D eigenvalue weighted by Crippen LogP contribution is -3.15. The Bertz CT molecular complexity index is 968. The van der Waals surface area contributed by atoms with Gasteiger partial charge in [0.1, 0.15) is 17.3 Å². The van der Waals surface area contributed by atoms with E-state index in [9.17, 15) is 17.6 Å². The van der Waals surface area contributed by atoms with Gasteiger partial charge >= 0.3 is 0 Å². The highest BCUT2D eigenvalue weighted by atomic mass is 32.2. The molecule has 0 saturated carbocycles. The maximum absolute atomic E-state index is 13.1. The smallest absolute Gasteiger partial charge is 0.279 e. The van der Waals surface area contributed by atoms with Crippen LogP contribution in [0.25, 0.3) is 0 Å². The topological polar surface area (TPSA) is 89.4 Å². The van der Waals surface area contributed by atoms with Crippen molar-refractivity contribution in [2.45, 2.75) is 4.90 Å². The predicted octanol–water partition coefficient (Wildman–Crippen LogP) is 0.371. The number of rotatable bonds is 7. The largest absolute Gasteiger partial charge is 0.497 e. The third-order valence-corrected chi connectivity index (χ3v) is 6.84. The normalized spacial score (nSPS) is 15.6. The fourth-order valence-electron chi connectivity index (χ4n) is 3.29. The van der Waals surface area contributed by atoms with E-state index in [-0.39, 0.29) is 30.4 Å². The zero-order chi connectivity index (χ0) is 21.7. The van der Waals surface area contributed by atoms with E-state index in [0.29, 0.717) is 30.3 Å². The van der Waals surface area contributed by atoms with Crippen LogP contribution in [0.4, 0.5) is 10.1 Å². The highest BCUT2D eigenvalue weighted by Gasteiger charge is 2.31. The summed E-state index contributed by atoms with van der Waals surface area (Å²) in [6.45, 7) is 1.78. The van der Waals surface area contributed by atoms with Gasteiger partial charge in [-0.2, -0.15) is 4.31 Å². The summed E-state index contributed by atoms with van der Waals surface area (Å²) in [5, 5.41) is 2.82. The van der Waals surface area contributed by atoms with Gasteiger partial charge < -0.3 is 19.7 Å². The van der Waals surface area contributed by atoms with Gasteiger partial charge in [0.15, 0.2) is 6.54 Å². The number of sulfonamides is 1. The molecule has 0 radical (unpaired) electrons. The zero-order valence-corrected chi connectivity index (χ0v) is 17.7. The van der Waals surface area contributed by atoms with Crippen molar-refractivity contribution in [1.82, 2.24) is 4.31 Å². The van der Waals surface area contributed by atoms with Crippen LogP contribution in [0.5, 0.6) is 11.5 Å². The molecule has 10 heteroatoms. The number of carbonyl (C=O) groups is 1. The molecule has 1 amide bonds. The molecule has 2 N–H and O–H groups in total. The second-order valence-electron chi connectivity index (χ2n) is 6.93. The molecule has 30 heavy (non-hydrogen) atoms. The van der Waals surface area contributed by atoms with Gasteiger partial charge in [0, 0.05) is 23.9 Å². The Labute approximate surface area is 175 Å². The number of ether oxygens (including phenoxy) is 2. The molecule has 1 fully saturated rings. The molecule has 1 aliphatic rings. The van der Waals surface area contributed by atoms with E-state index < -0.39 is 15.8 Å². The van der Waals surface area contributed by atoms with Crippen molar-refractivity contribution in [1.29, 1.82) is 0 Å². The zero-order valence-electron chi connectivity index (χ0n) is 16.9. The lowest BCUT2D eigenvalue weighted by Gasteiger charge is -2.31. The number of hydrogen-bond acceptors (Lipinski definition) is 5. The van der Waals surface area contributed by atoms with Crippen molar-refractivity contribution in [3.8, 4) is 11.5 Å². The first kappa shape index (κ1) is 22.0. The number of carbonyl (C=O) groups excluding carboxylic acids is 1. The van der Waals surface area contributed by atoms with Crippen LogP contribution in [-0.2, 0) is 14.8 Å². The van der Waals surface area contributed by atoms with Crippen LogP contribution in [0, 0.1) is 5.82 Å². The molecule has 0 aromatic heterocycles. The van der Waals surface area contributed by atoms with E-state index >= 15 is 0 Å². The average molecular weight is 439 g/mol. The molecule has 2 aromatic rings. The second-order valence-corrected chi connectivity index (χ2v) is 8.87. The number of methoxy groups -OCH3 is 2. The highest BCUT2D eigenvalue weighted by Crippen LogP contribution is 2.25. The van der Waals surface area contributed by atoms with Crippen molar-refractivity contribution < 1.29 is 32.0 Å². The minimum Gasteiger partial charge on any atom is -0.497 e. The molecule has 0 spiro atoms. The van der Waals surface area contributed by atoms with Crippen molar-refractivity contribution in [3.05, 3.63) is 48.3 Å². The van der Waals surface area contributed by atoms with Gasteiger partial charge in [0.25, 0.3) is 5.91 Å². The molecule has 1 heterocycles. The Morgan fingerprint density at radius 1 is 1.07 bits per heavy atom. The summed E-state index contributed by atoms with van der Waals surface area (Å²) in [5.74, 6) is 0.464. The van der Waals surface area contributed by atoms with Crippen molar-refractivity contribution in [2.24, 2.45) is 0 Å². The van der Waals surface area contributed by atoms with Crippen molar-refractivity contribution in [3.63, 3.8) is 0 Å². The molecule has 0 bridgehead atoms. The van der Waals surface area contributed by atoms with Crippen LogP contribution in [0.3, 0.4) is 0 Å². The summed E-state index contributed by atoms with van der Waals surface area (Å²) in [5.41, 5.74) is 0.563. The summed E-state index contributed by atoms with van der Waals surface area (Å²) in [7, 11) is -0.606. The molecule has 0 atom stereocenters. The maximum atomic E-state index is 13.1. The summed E-state index contributed by atoms with van der Waals surface area (Å²) in [4.78, 5) is 13.5. The molecule has 0 aliphatic carbocycles. The first-order chi connectivity index (χ1) is 14.3. The molecule has 2 aromatic carbocycles. The molecule has 0 unspecified atom stereocenters. The molecular weight excluding hydrogens is 413 g/mol. The van der Waals surface area contributed by atoms with Gasteiger partial charge in [-0.25, -0.2) is 12.8 Å². The quantitative estimate of drug-likeness (QED) is 0.652. The van der Waals surface area contributed by atoms with Gasteiger partial charge in [-0.05, 0) is 24.3 Å². The van der Waals surface area contributed by atoms with Gasteiger partial charge in [0.05, 0.1) is 45.3 Å². The number of amides is 1. The first-order valence-corrected chi connectivity index (χ1v) is 10.9. The fraction of sp³-hybridized carbons (Fsp3) is 0.350. The third-order valence-electron chi connectivity index (χ3n) is 4.93. The maximum Gasteiger partial charge on any atom is 0.279 e. The van der Waals surface area contributed by atoms with Gasteiger partial charge in [-0.1, -0.05) is 0 Å². The SMILES string of the molecule is COc1cc(NC(=O)C[NH+]2CCN(S(=O)(=O)c3ccc(F)cc3)CC2)cc(OC)c1. The number of piperazine rings is 1. The van der Waals surface area contributed by atoms with E-state index in [1.165, 1.54) is 30.7 Å². The second kappa shape index (κ2) is 9.41. The molecule has 8 nitrogen and oxygen atoms in total. The Hall–Kier alpha value is -2.69. The van der Waals surface area contributed by atoms with E-state index in [4.69, 9.17) is 9.47 Å². The highest BCUT2D eigenvalue weighted by molar-refractivity contribution is 7.89. The number of halogens is 1. The molecule has 1 saturated heterocycles. The van der Waals surface area contributed by atoms with E-state index in [1.54, 1.807) is 18.2 Å². The van der Waals surface area contributed by atoms with E-state index in [2.05, 4.69) is 5.32 Å². The Balaban J connectivity index is 1.55. The van der Waals surface area contributed by atoms with Crippen LogP contribution in [0.1, 0.15) is 0 Å². The molecular formula is C20H25FN3O5S+. The minimum atomic E-state index is -3.67. The number of nitrogens with one attached hydrogen (secondary N) is 2. The number of benzene rings is 2. The van der Waals surface area contributed by atoms with Crippen LogP contribution in [-0.4, -0.2) is 65.6 Å². The molecule has 1 aliphatic heterocycles. The van der Waals surface area contributed by atoms with E-state index in [0.717, 1.165) is 17.0 Å². The monoisotopic (exact) mass is 438 g/mol. The lowest BCUT2D eigenvalue weighted by molar-refractivity contribution is -0.895. The Morgan fingerprint density at radius 2 is 1.63 bits per heavy atom. The molecule has 3 rings (SSSR count).